The maximum atomic E-state index is 13.2. The molecule has 0 unspecified atom stereocenters. The molecular weight excluding hydrogens is 263 g/mol. The van der Waals surface area contributed by atoms with Crippen LogP contribution in [0.3, 0.4) is 0 Å². The average Bonchev–Trinajstić information content (AvgIpc) is 2.65. The number of carbonyl (C=O) groups excluding carboxylic acids is 1. The van der Waals surface area contributed by atoms with Crippen LogP contribution in [0.5, 0.6) is 0 Å². The van der Waals surface area contributed by atoms with E-state index in [4.69, 9.17) is 0 Å². The fraction of sp³-hybridized carbons (Fsp3) is 0.286. The molecule has 0 aliphatic rings. The van der Waals surface area contributed by atoms with Crippen molar-refractivity contribution >= 4 is 18.0 Å². The Bertz CT molecular complexity index is 607. The molecule has 100 valence electrons. The van der Waals surface area contributed by atoms with E-state index in [0.717, 1.165) is 21.9 Å². The lowest BCUT2D eigenvalue weighted by Gasteiger charge is -2.09. The van der Waals surface area contributed by atoms with Gasteiger partial charge in [0.2, 0.25) is 0 Å². The number of hydrogen-bond donors (Lipinski definition) is 0. The SMILES string of the molecule is CC(C)c1c(Sc2cccc(F)c2)nc(C=O)n1C. The number of carbonyl (C=O) groups is 1. The lowest BCUT2D eigenvalue weighted by Crippen LogP contribution is -2.02. The second kappa shape index (κ2) is 5.57. The quantitative estimate of drug-likeness (QED) is 0.801. The number of halogens is 1. The first kappa shape index (κ1) is 13.8. The summed E-state index contributed by atoms with van der Waals surface area (Å²) in [7, 11) is 1.82. The molecular formula is C14H15FN2OS. The van der Waals surface area contributed by atoms with Gasteiger partial charge in [-0.15, -0.1) is 0 Å². The summed E-state index contributed by atoms with van der Waals surface area (Å²) in [5.74, 6) is 0.354. The van der Waals surface area contributed by atoms with Crippen molar-refractivity contribution < 1.29 is 9.18 Å². The van der Waals surface area contributed by atoms with Crippen LogP contribution in [0.2, 0.25) is 0 Å². The van der Waals surface area contributed by atoms with E-state index in [9.17, 15) is 9.18 Å². The zero-order valence-corrected chi connectivity index (χ0v) is 11.9. The van der Waals surface area contributed by atoms with Gasteiger partial charge >= 0.3 is 0 Å². The minimum Gasteiger partial charge on any atom is -0.328 e. The zero-order valence-electron chi connectivity index (χ0n) is 11.1. The average molecular weight is 278 g/mol. The van der Waals surface area contributed by atoms with Crippen LogP contribution < -0.4 is 0 Å². The van der Waals surface area contributed by atoms with Crippen LogP contribution in [0.15, 0.2) is 34.2 Å². The summed E-state index contributed by atoms with van der Waals surface area (Å²) < 4.78 is 15.0. The molecule has 19 heavy (non-hydrogen) atoms. The predicted molar refractivity (Wildman–Crippen MR) is 73.2 cm³/mol. The van der Waals surface area contributed by atoms with Crippen LogP contribution in [-0.4, -0.2) is 15.8 Å². The standard InChI is InChI=1S/C14H15FN2OS/c1-9(2)13-14(16-12(8-18)17(13)3)19-11-6-4-5-10(15)7-11/h4-9H,1-3H3. The first-order valence-electron chi connectivity index (χ1n) is 5.98. The Morgan fingerprint density at radius 2 is 2.16 bits per heavy atom. The van der Waals surface area contributed by atoms with Crippen LogP contribution in [-0.2, 0) is 7.05 Å². The number of rotatable bonds is 4. The highest BCUT2D eigenvalue weighted by molar-refractivity contribution is 7.99. The highest BCUT2D eigenvalue weighted by Crippen LogP contribution is 2.33. The van der Waals surface area contributed by atoms with Crippen LogP contribution >= 0.6 is 11.8 Å². The van der Waals surface area contributed by atoms with E-state index < -0.39 is 0 Å². The molecule has 0 amide bonds. The molecule has 0 bridgehead atoms. The molecule has 0 saturated carbocycles. The third kappa shape index (κ3) is 2.87. The highest BCUT2D eigenvalue weighted by atomic mass is 32.2. The van der Waals surface area contributed by atoms with E-state index in [1.807, 2.05) is 27.0 Å². The maximum absolute atomic E-state index is 13.2. The number of imidazole rings is 1. The lowest BCUT2D eigenvalue weighted by molar-refractivity contribution is 0.111. The summed E-state index contributed by atoms with van der Waals surface area (Å²) >= 11 is 1.38. The molecule has 0 fully saturated rings. The molecule has 0 atom stereocenters. The van der Waals surface area contributed by atoms with Crippen molar-refractivity contribution in [3.8, 4) is 0 Å². The molecule has 2 aromatic rings. The van der Waals surface area contributed by atoms with Gasteiger partial charge in [0.25, 0.3) is 0 Å². The Balaban J connectivity index is 2.42. The third-order valence-corrected chi connectivity index (χ3v) is 3.79. The Kier molecular flexibility index (Phi) is 4.04. The van der Waals surface area contributed by atoms with E-state index >= 15 is 0 Å². The number of hydrogen-bond acceptors (Lipinski definition) is 3. The van der Waals surface area contributed by atoms with Crippen molar-refractivity contribution in [3.05, 3.63) is 41.6 Å². The van der Waals surface area contributed by atoms with Gasteiger partial charge in [-0.05, 0) is 24.1 Å². The van der Waals surface area contributed by atoms with Crippen molar-refractivity contribution in [2.45, 2.75) is 29.7 Å². The van der Waals surface area contributed by atoms with Gasteiger partial charge in [-0.2, -0.15) is 0 Å². The smallest absolute Gasteiger partial charge is 0.185 e. The summed E-state index contributed by atoms with van der Waals surface area (Å²) in [5, 5.41) is 0.755. The van der Waals surface area contributed by atoms with Gasteiger partial charge in [-0.1, -0.05) is 31.7 Å². The number of aldehydes is 1. The number of nitrogens with zero attached hydrogens (tertiary/aromatic N) is 2. The fourth-order valence-corrected chi connectivity index (χ4v) is 3.12. The molecule has 5 heteroatoms. The summed E-state index contributed by atoms with van der Waals surface area (Å²) in [6.07, 6.45) is 0.738. The van der Waals surface area contributed by atoms with Gasteiger partial charge in [0.1, 0.15) is 10.8 Å². The molecule has 1 aromatic carbocycles. The Hall–Kier alpha value is -1.62. The maximum Gasteiger partial charge on any atom is 0.185 e. The normalized spacial score (nSPS) is 11.0. The minimum absolute atomic E-state index is 0.238. The van der Waals surface area contributed by atoms with Gasteiger partial charge in [0.15, 0.2) is 12.1 Å². The van der Waals surface area contributed by atoms with Crippen molar-refractivity contribution in [1.29, 1.82) is 0 Å². The van der Waals surface area contributed by atoms with Gasteiger partial charge in [0, 0.05) is 11.9 Å². The molecule has 0 saturated heterocycles. The van der Waals surface area contributed by atoms with Gasteiger partial charge in [0.05, 0.1) is 5.69 Å². The molecule has 0 spiro atoms. The summed E-state index contributed by atoms with van der Waals surface area (Å²) in [5.41, 5.74) is 0.983. The van der Waals surface area contributed by atoms with Crippen molar-refractivity contribution in [3.63, 3.8) is 0 Å². The second-order valence-corrected chi connectivity index (χ2v) is 5.61. The fourth-order valence-electron chi connectivity index (χ4n) is 1.96. The molecule has 1 heterocycles. The van der Waals surface area contributed by atoms with E-state index in [1.54, 1.807) is 10.6 Å². The zero-order chi connectivity index (χ0) is 14.0. The van der Waals surface area contributed by atoms with Crippen LogP contribution in [0.4, 0.5) is 4.39 Å². The molecule has 3 nitrogen and oxygen atoms in total. The van der Waals surface area contributed by atoms with Crippen LogP contribution in [0.1, 0.15) is 36.1 Å². The highest BCUT2D eigenvalue weighted by Gasteiger charge is 2.18. The van der Waals surface area contributed by atoms with E-state index in [2.05, 4.69) is 4.98 Å². The van der Waals surface area contributed by atoms with Crippen molar-refractivity contribution in [2.24, 2.45) is 7.05 Å². The monoisotopic (exact) mass is 278 g/mol. The summed E-state index contributed by atoms with van der Waals surface area (Å²) in [6, 6.07) is 6.36. The molecule has 1 aromatic heterocycles. The summed E-state index contributed by atoms with van der Waals surface area (Å²) in [6.45, 7) is 4.09. The molecule has 0 aliphatic heterocycles. The molecule has 0 N–H and O–H groups in total. The molecule has 0 radical (unpaired) electrons. The Morgan fingerprint density at radius 1 is 1.42 bits per heavy atom. The Morgan fingerprint density at radius 3 is 2.74 bits per heavy atom. The van der Waals surface area contributed by atoms with Gasteiger partial charge < -0.3 is 4.57 Å². The van der Waals surface area contributed by atoms with Gasteiger partial charge in [-0.3, -0.25) is 4.79 Å². The number of aromatic nitrogens is 2. The predicted octanol–water partition coefficient (Wildman–Crippen LogP) is 3.65. The van der Waals surface area contributed by atoms with Gasteiger partial charge in [-0.25, -0.2) is 9.37 Å². The van der Waals surface area contributed by atoms with Crippen molar-refractivity contribution in [1.82, 2.24) is 9.55 Å². The van der Waals surface area contributed by atoms with Crippen LogP contribution in [0, 0.1) is 5.82 Å². The topological polar surface area (TPSA) is 34.9 Å². The molecule has 0 aliphatic carbocycles. The van der Waals surface area contributed by atoms with E-state index in [0.29, 0.717) is 5.82 Å². The first-order valence-corrected chi connectivity index (χ1v) is 6.79. The first-order chi connectivity index (χ1) is 9.02. The largest absolute Gasteiger partial charge is 0.328 e. The van der Waals surface area contributed by atoms with E-state index in [-0.39, 0.29) is 11.7 Å². The van der Waals surface area contributed by atoms with E-state index in [1.165, 1.54) is 23.9 Å². The minimum atomic E-state index is -0.275. The third-order valence-electron chi connectivity index (χ3n) is 2.80. The molecule has 2 rings (SSSR count). The van der Waals surface area contributed by atoms with Crippen LogP contribution in [0.25, 0.3) is 0 Å². The lowest BCUT2D eigenvalue weighted by atomic mass is 10.1. The summed E-state index contributed by atoms with van der Waals surface area (Å²) in [4.78, 5) is 16.1. The van der Waals surface area contributed by atoms with Crippen molar-refractivity contribution in [2.75, 3.05) is 0 Å². The number of benzene rings is 1. The second-order valence-electron chi connectivity index (χ2n) is 4.55. The Labute approximate surface area is 115 Å².